The number of benzene rings is 3. The number of carbonyl (C=O) groups is 2. The molecule has 0 spiro atoms. The molecular weight excluding hydrogens is 517 g/mol. The molecule has 1 aliphatic rings. The van der Waals surface area contributed by atoms with Gasteiger partial charge in [-0.05, 0) is 68.1 Å². The van der Waals surface area contributed by atoms with Gasteiger partial charge in [0.1, 0.15) is 18.4 Å². The molecule has 7 nitrogen and oxygen atoms in total. The highest BCUT2D eigenvalue weighted by Crippen LogP contribution is 2.24. The second-order valence-electron chi connectivity index (χ2n) is 9.79. The fraction of sp³-hybridized carbons (Fsp3) is 0.333. The van der Waals surface area contributed by atoms with Gasteiger partial charge in [0.25, 0.3) is 10.0 Å². The molecule has 1 unspecified atom stereocenters. The lowest BCUT2D eigenvalue weighted by atomic mass is 10.1. The van der Waals surface area contributed by atoms with E-state index in [9.17, 15) is 22.4 Å². The normalized spacial score (nSPS) is 14.5. The summed E-state index contributed by atoms with van der Waals surface area (Å²) in [6.07, 6.45) is 4.44. The number of para-hydroxylation sites is 1. The Morgan fingerprint density at radius 1 is 0.923 bits per heavy atom. The van der Waals surface area contributed by atoms with Crippen molar-refractivity contribution in [2.24, 2.45) is 0 Å². The van der Waals surface area contributed by atoms with Gasteiger partial charge in [0.05, 0.1) is 10.6 Å². The summed E-state index contributed by atoms with van der Waals surface area (Å²) >= 11 is 0. The first-order chi connectivity index (χ1) is 18.8. The first kappa shape index (κ1) is 28.3. The first-order valence-electron chi connectivity index (χ1n) is 13.2. The van der Waals surface area contributed by atoms with Gasteiger partial charge in [-0.15, -0.1) is 0 Å². The van der Waals surface area contributed by atoms with Crippen molar-refractivity contribution < 1.29 is 22.4 Å². The molecule has 3 aromatic rings. The van der Waals surface area contributed by atoms with E-state index in [1.54, 1.807) is 37.3 Å². The Bertz CT molecular complexity index is 1350. The molecule has 0 saturated heterocycles. The summed E-state index contributed by atoms with van der Waals surface area (Å²) in [6, 6.07) is 21.7. The van der Waals surface area contributed by atoms with E-state index < -0.39 is 34.3 Å². The number of amides is 2. The molecule has 1 saturated carbocycles. The van der Waals surface area contributed by atoms with Gasteiger partial charge in [0.2, 0.25) is 11.8 Å². The average Bonchev–Trinajstić information content (AvgIpc) is 3.46. The Kier molecular flexibility index (Phi) is 9.35. The summed E-state index contributed by atoms with van der Waals surface area (Å²) in [7, 11) is -4.21. The molecule has 9 heteroatoms. The van der Waals surface area contributed by atoms with Gasteiger partial charge in [-0.2, -0.15) is 0 Å². The van der Waals surface area contributed by atoms with E-state index in [4.69, 9.17) is 0 Å². The van der Waals surface area contributed by atoms with Crippen LogP contribution in [0.4, 0.5) is 10.1 Å². The van der Waals surface area contributed by atoms with Crippen molar-refractivity contribution >= 4 is 27.5 Å². The number of sulfonamides is 1. The lowest BCUT2D eigenvalue weighted by Gasteiger charge is -2.32. The average molecular weight is 552 g/mol. The van der Waals surface area contributed by atoms with Gasteiger partial charge in [-0.3, -0.25) is 13.9 Å². The minimum atomic E-state index is -4.21. The lowest BCUT2D eigenvalue weighted by molar-refractivity contribution is -0.139. The molecule has 3 aromatic carbocycles. The fourth-order valence-corrected chi connectivity index (χ4v) is 6.23. The Morgan fingerprint density at radius 2 is 1.51 bits per heavy atom. The van der Waals surface area contributed by atoms with Crippen LogP contribution in [0.25, 0.3) is 0 Å². The molecule has 1 atom stereocenters. The number of hydrogen-bond donors (Lipinski definition) is 1. The summed E-state index contributed by atoms with van der Waals surface area (Å²) < 4.78 is 41.9. The number of nitrogens with one attached hydrogen (secondary N) is 1. The number of carbonyl (C=O) groups excluding carboxylic acids is 2. The zero-order valence-electron chi connectivity index (χ0n) is 22.0. The number of hydrogen-bond acceptors (Lipinski definition) is 4. The Labute approximate surface area is 229 Å². The maximum absolute atomic E-state index is 13.8. The van der Waals surface area contributed by atoms with Gasteiger partial charge in [0.15, 0.2) is 0 Å². The van der Waals surface area contributed by atoms with Crippen molar-refractivity contribution in [1.29, 1.82) is 0 Å². The van der Waals surface area contributed by atoms with Gasteiger partial charge < -0.3 is 10.2 Å². The molecular formula is C30H34FN3O4S. The predicted molar refractivity (Wildman–Crippen MR) is 149 cm³/mol. The van der Waals surface area contributed by atoms with Crippen molar-refractivity contribution in [2.45, 2.75) is 56.0 Å². The predicted octanol–water partition coefficient (Wildman–Crippen LogP) is 4.54. The van der Waals surface area contributed by atoms with E-state index in [-0.39, 0.29) is 23.4 Å². The van der Waals surface area contributed by atoms with Crippen LogP contribution < -0.4 is 9.62 Å². The third-order valence-electron chi connectivity index (χ3n) is 7.08. The molecule has 0 aliphatic heterocycles. The minimum Gasteiger partial charge on any atom is -0.352 e. The SMILES string of the molecule is CC(C(=O)NC1CCCC1)N(CCc1ccccc1)C(=O)CN(c1ccccc1)S(=O)(=O)c1ccc(F)cc1. The summed E-state index contributed by atoms with van der Waals surface area (Å²) in [5.74, 6) is -1.32. The van der Waals surface area contributed by atoms with Crippen molar-refractivity contribution in [1.82, 2.24) is 10.2 Å². The maximum atomic E-state index is 13.8. The molecule has 2 amide bonds. The quantitative estimate of drug-likeness (QED) is 0.379. The molecule has 0 aromatic heterocycles. The van der Waals surface area contributed by atoms with Crippen LogP contribution in [0, 0.1) is 5.82 Å². The topological polar surface area (TPSA) is 86.8 Å². The fourth-order valence-electron chi connectivity index (χ4n) is 4.82. The van der Waals surface area contributed by atoms with Crippen LogP contribution in [0.15, 0.2) is 89.8 Å². The molecule has 39 heavy (non-hydrogen) atoms. The van der Waals surface area contributed by atoms with Gasteiger partial charge in [-0.25, -0.2) is 12.8 Å². The van der Waals surface area contributed by atoms with Gasteiger partial charge in [0, 0.05) is 12.6 Å². The standard InChI is InChI=1S/C30H34FN3O4S/c1-23(30(36)32-26-12-8-9-13-26)33(21-20-24-10-4-2-5-11-24)29(35)22-34(27-14-6-3-7-15-27)39(37,38)28-18-16-25(31)17-19-28/h2-7,10-11,14-19,23,26H,8-9,12-13,20-22H2,1H3,(H,32,36). The van der Waals surface area contributed by atoms with E-state index in [2.05, 4.69) is 5.32 Å². The summed E-state index contributed by atoms with van der Waals surface area (Å²) in [4.78, 5) is 28.3. The Balaban J connectivity index is 1.62. The highest BCUT2D eigenvalue weighted by atomic mass is 32.2. The molecule has 1 aliphatic carbocycles. The van der Waals surface area contributed by atoms with Crippen LogP contribution in [0.1, 0.15) is 38.2 Å². The van der Waals surface area contributed by atoms with Crippen LogP contribution in [0.3, 0.4) is 0 Å². The number of halogens is 1. The molecule has 0 heterocycles. The van der Waals surface area contributed by atoms with Crippen LogP contribution in [0.5, 0.6) is 0 Å². The maximum Gasteiger partial charge on any atom is 0.264 e. The van der Waals surface area contributed by atoms with Crippen molar-refractivity contribution in [2.75, 3.05) is 17.4 Å². The third-order valence-corrected chi connectivity index (χ3v) is 8.87. The molecule has 0 radical (unpaired) electrons. The van der Waals surface area contributed by atoms with E-state index >= 15 is 0 Å². The zero-order valence-corrected chi connectivity index (χ0v) is 22.8. The molecule has 1 fully saturated rings. The van der Waals surface area contributed by atoms with Crippen molar-refractivity contribution in [3.05, 3.63) is 96.3 Å². The largest absolute Gasteiger partial charge is 0.352 e. The smallest absolute Gasteiger partial charge is 0.264 e. The van der Waals surface area contributed by atoms with E-state index in [0.29, 0.717) is 12.1 Å². The Morgan fingerprint density at radius 3 is 2.13 bits per heavy atom. The number of rotatable bonds is 11. The minimum absolute atomic E-state index is 0.0886. The second-order valence-corrected chi connectivity index (χ2v) is 11.7. The monoisotopic (exact) mass is 551 g/mol. The summed E-state index contributed by atoms with van der Waals surface area (Å²) in [5, 5.41) is 3.06. The van der Waals surface area contributed by atoms with E-state index in [1.807, 2.05) is 30.3 Å². The van der Waals surface area contributed by atoms with Crippen LogP contribution in [0.2, 0.25) is 0 Å². The van der Waals surface area contributed by atoms with E-state index in [0.717, 1.165) is 47.7 Å². The molecule has 4 rings (SSSR count). The van der Waals surface area contributed by atoms with Crippen LogP contribution in [-0.2, 0) is 26.0 Å². The number of anilines is 1. The summed E-state index contributed by atoms with van der Waals surface area (Å²) in [6.45, 7) is 1.40. The Hall–Kier alpha value is -3.72. The molecule has 206 valence electrons. The molecule has 0 bridgehead atoms. The highest BCUT2D eigenvalue weighted by Gasteiger charge is 2.33. The van der Waals surface area contributed by atoms with Gasteiger partial charge in [-0.1, -0.05) is 61.4 Å². The van der Waals surface area contributed by atoms with Crippen LogP contribution in [-0.4, -0.2) is 50.3 Å². The highest BCUT2D eigenvalue weighted by molar-refractivity contribution is 7.92. The van der Waals surface area contributed by atoms with Crippen LogP contribution >= 0.6 is 0 Å². The third kappa shape index (κ3) is 7.23. The second kappa shape index (κ2) is 12.9. The number of nitrogens with zero attached hydrogens (tertiary/aromatic N) is 2. The van der Waals surface area contributed by atoms with Crippen molar-refractivity contribution in [3.63, 3.8) is 0 Å². The first-order valence-corrected chi connectivity index (χ1v) is 14.7. The lowest BCUT2D eigenvalue weighted by Crippen LogP contribution is -2.53. The van der Waals surface area contributed by atoms with Crippen molar-refractivity contribution in [3.8, 4) is 0 Å². The zero-order chi connectivity index (χ0) is 27.8. The summed E-state index contributed by atoms with van der Waals surface area (Å²) in [5.41, 5.74) is 1.29. The molecule has 1 N–H and O–H groups in total. The van der Waals surface area contributed by atoms with E-state index in [1.165, 1.54) is 17.0 Å². The van der Waals surface area contributed by atoms with Gasteiger partial charge >= 0.3 is 0 Å².